The molecule has 1 saturated heterocycles. The van der Waals surface area contributed by atoms with Gasteiger partial charge in [-0.2, -0.15) is 0 Å². The number of aryl methyl sites for hydroxylation is 1. The van der Waals surface area contributed by atoms with Gasteiger partial charge in [-0.1, -0.05) is 55.0 Å². The first kappa shape index (κ1) is 26.7. The van der Waals surface area contributed by atoms with Gasteiger partial charge in [0.05, 0.1) is 17.7 Å². The van der Waals surface area contributed by atoms with Crippen molar-refractivity contribution in [1.29, 1.82) is 0 Å². The monoisotopic (exact) mass is 521 g/mol. The van der Waals surface area contributed by atoms with E-state index in [1.165, 1.54) is 44.1 Å². The van der Waals surface area contributed by atoms with Crippen molar-refractivity contribution >= 4 is 21.6 Å². The van der Waals surface area contributed by atoms with E-state index >= 15 is 0 Å². The first-order valence-electron chi connectivity index (χ1n) is 12.7. The topological polar surface area (TPSA) is 79.0 Å². The number of benzene rings is 3. The predicted octanol–water partition coefficient (Wildman–Crippen LogP) is 4.50. The van der Waals surface area contributed by atoms with Gasteiger partial charge >= 0.3 is 0 Å². The van der Waals surface area contributed by atoms with Crippen LogP contribution in [0.3, 0.4) is 0 Å². The smallest absolute Gasteiger partial charge is 0.264 e. The first-order valence-corrected chi connectivity index (χ1v) is 14.1. The number of carbonyl (C=O) groups is 1. The lowest BCUT2D eigenvalue weighted by atomic mass is 10.0. The molecule has 8 heteroatoms. The van der Waals surface area contributed by atoms with Crippen LogP contribution in [-0.4, -0.2) is 46.0 Å². The van der Waals surface area contributed by atoms with Gasteiger partial charge in [-0.3, -0.25) is 14.0 Å². The van der Waals surface area contributed by atoms with E-state index in [1.54, 1.807) is 30.3 Å². The molecule has 0 spiro atoms. The molecule has 4 rings (SSSR count). The largest absolute Gasteiger partial charge is 0.495 e. The van der Waals surface area contributed by atoms with Gasteiger partial charge in [-0.05, 0) is 73.8 Å². The molecule has 37 heavy (non-hydrogen) atoms. The molecule has 7 nitrogen and oxygen atoms in total. The Labute approximate surface area is 220 Å². The summed E-state index contributed by atoms with van der Waals surface area (Å²) in [6.07, 6.45) is 3.71. The summed E-state index contributed by atoms with van der Waals surface area (Å²) in [6.45, 7) is 4.85. The molecule has 1 amide bonds. The van der Waals surface area contributed by atoms with E-state index < -0.39 is 15.9 Å². The molecule has 0 unspecified atom stereocenters. The van der Waals surface area contributed by atoms with Gasteiger partial charge in [-0.25, -0.2) is 8.42 Å². The number of ether oxygens (including phenoxy) is 1. The molecule has 0 aliphatic carbocycles. The number of rotatable bonds is 10. The van der Waals surface area contributed by atoms with Gasteiger partial charge in [0.1, 0.15) is 12.3 Å². The lowest BCUT2D eigenvalue weighted by molar-refractivity contribution is -0.119. The van der Waals surface area contributed by atoms with E-state index in [9.17, 15) is 13.2 Å². The molecule has 0 saturated carbocycles. The molecular formula is C29H35N3O4S. The van der Waals surface area contributed by atoms with Crippen molar-refractivity contribution < 1.29 is 17.9 Å². The summed E-state index contributed by atoms with van der Waals surface area (Å²) in [4.78, 5) is 15.8. The zero-order valence-electron chi connectivity index (χ0n) is 21.5. The lowest BCUT2D eigenvalue weighted by Crippen LogP contribution is -2.41. The van der Waals surface area contributed by atoms with Crippen LogP contribution < -0.4 is 14.4 Å². The third kappa shape index (κ3) is 6.70. The molecule has 0 radical (unpaired) electrons. The molecule has 3 aromatic carbocycles. The quantitative estimate of drug-likeness (QED) is 0.425. The van der Waals surface area contributed by atoms with Crippen molar-refractivity contribution in [3.63, 3.8) is 0 Å². The number of amides is 1. The number of likely N-dealkylation sites (tertiary alicyclic amines) is 1. The molecule has 1 aliphatic rings. The summed E-state index contributed by atoms with van der Waals surface area (Å²) in [6, 6.07) is 21.5. The number of carbonyl (C=O) groups excluding carboxylic acids is 1. The van der Waals surface area contributed by atoms with Gasteiger partial charge in [0.2, 0.25) is 5.91 Å². The zero-order valence-corrected chi connectivity index (χ0v) is 22.3. The molecule has 0 atom stereocenters. The van der Waals surface area contributed by atoms with Crippen LogP contribution in [0.15, 0.2) is 77.7 Å². The molecule has 0 aromatic heterocycles. The minimum atomic E-state index is -4.02. The summed E-state index contributed by atoms with van der Waals surface area (Å²) in [7, 11) is -2.54. The summed E-state index contributed by atoms with van der Waals surface area (Å²) >= 11 is 0. The van der Waals surface area contributed by atoms with Crippen LogP contribution in [0, 0.1) is 6.92 Å². The number of nitrogens with zero attached hydrogens (tertiary/aromatic N) is 2. The van der Waals surface area contributed by atoms with Crippen molar-refractivity contribution in [3.8, 4) is 5.75 Å². The highest BCUT2D eigenvalue weighted by Crippen LogP contribution is 2.33. The maximum absolute atomic E-state index is 13.7. The van der Waals surface area contributed by atoms with Crippen LogP contribution >= 0.6 is 0 Å². The highest BCUT2D eigenvalue weighted by atomic mass is 32.2. The van der Waals surface area contributed by atoms with Crippen molar-refractivity contribution in [1.82, 2.24) is 10.2 Å². The van der Waals surface area contributed by atoms with Gasteiger partial charge in [0, 0.05) is 13.1 Å². The highest BCUT2D eigenvalue weighted by molar-refractivity contribution is 7.92. The fourth-order valence-electron chi connectivity index (χ4n) is 4.64. The maximum Gasteiger partial charge on any atom is 0.264 e. The Morgan fingerprint density at radius 1 is 0.946 bits per heavy atom. The number of piperidine rings is 1. The summed E-state index contributed by atoms with van der Waals surface area (Å²) in [5.74, 6) is -0.0133. The van der Waals surface area contributed by atoms with Gasteiger partial charge in [0.15, 0.2) is 0 Å². The molecular weight excluding hydrogens is 486 g/mol. The number of sulfonamides is 1. The van der Waals surface area contributed by atoms with Crippen LogP contribution in [0.5, 0.6) is 5.75 Å². The number of methoxy groups -OCH3 is 1. The third-order valence-electron chi connectivity index (χ3n) is 6.66. The Kier molecular flexibility index (Phi) is 8.84. The second-order valence-corrected chi connectivity index (χ2v) is 11.2. The Balaban J connectivity index is 1.55. The third-order valence-corrected chi connectivity index (χ3v) is 8.43. The number of nitrogens with one attached hydrogen (secondary N) is 1. The second-order valence-electron chi connectivity index (χ2n) is 9.38. The summed E-state index contributed by atoms with van der Waals surface area (Å²) in [5, 5.41) is 2.95. The number of anilines is 1. The standard InChI is InChI=1S/C29H35N3O4S/c1-23-15-16-28(36-2)27(19-23)32(37(34,35)26-13-5-3-6-14-26)22-29(33)30-20-24-11-7-8-12-25(24)21-31-17-9-4-10-18-31/h3,5-8,11-16,19H,4,9-10,17-18,20-22H2,1-2H3,(H,30,33). The van der Waals surface area contributed by atoms with Gasteiger partial charge in [-0.15, -0.1) is 0 Å². The Bertz CT molecular complexity index is 1310. The Morgan fingerprint density at radius 3 is 2.32 bits per heavy atom. The first-order chi connectivity index (χ1) is 17.9. The predicted molar refractivity (Wildman–Crippen MR) is 146 cm³/mol. The van der Waals surface area contributed by atoms with Crippen molar-refractivity contribution in [2.45, 2.75) is 44.2 Å². The number of hydrogen-bond donors (Lipinski definition) is 1. The van der Waals surface area contributed by atoms with Crippen LogP contribution in [0.4, 0.5) is 5.69 Å². The normalized spacial score (nSPS) is 14.2. The molecule has 1 fully saturated rings. The van der Waals surface area contributed by atoms with Gasteiger partial charge < -0.3 is 10.1 Å². The van der Waals surface area contributed by atoms with Crippen LogP contribution in [0.25, 0.3) is 0 Å². The maximum atomic E-state index is 13.7. The molecule has 3 aromatic rings. The van der Waals surface area contributed by atoms with E-state index in [2.05, 4.69) is 16.3 Å². The zero-order chi connectivity index (χ0) is 26.3. The Hall–Kier alpha value is -3.36. The van der Waals surface area contributed by atoms with Crippen LogP contribution in [0.1, 0.15) is 36.0 Å². The Morgan fingerprint density at radius 2 is 1.62 bits per heavy atom. The molecule has 1 aliphatic heterocycles. The minimum Gasteiger partial charge on any atom is -0.495 e. The van der Waals surface area contributed by atoms with Crippen molar-refractivity contribution in [3.05, 3.63) is 89.5 Å². The van der Waals surface area contributed by atoms with E-state index in [0.29, 0.717) is 18.0 Å². The van der Waals surface area contributed by atoms with Crippen LogP contribution in [0.2, 0.25) is 0 Å². The SMILES string of the molecule is COc1ccc(C)cc1N(CC(=O)NCc1ccccc1CN1CCCCC1)S(=O)(=O)c1ccccc1. The molecule has 196 valence electrons. The van der Waals surface area contributed by atoms with E-state index in [4.69, 9.17) is 4.74 Å². The molecule has 1 heterocycles. The summed E-state index contributed by atoms with van der Waals surface area (Å²) < 4.78 is 34.0. The molecule has 1 N–H and O–H groups in total. The summed E-state index contributed by atoms with van der Waals surface area (Å²) in [5.41, 5.74) is 3.40. The fourth-order valence-corrected chi connectivity index (χ4v) is 6.08. The van der Waals surface area contributed by atoms with E-state index in [-0.39, 0.29) is 11.4 Å². The van der Waals surface area contributed by atoms with Crippen molar-refractivity contribution in [2.75, 3.05) is 31.0 Å². The minimum absolute atomic E-state index is 0.109. The number of hydrogen-bond acceptors (Lipinski definition) is 5. The van der Waals surface area contributed by atoms with Crippen LogP contribution in [-0.2, 0) is 27.9 Å². The lowest BCUT2D eigenvalue weighted by Gasteiger charge is -2.27. The van der Waals surface area contributed by atoms with E-state index in [1.807, 2.05) is 31.2 Å². The van der Waals surface area contributed by atoms with Gasteiger partial charge in [0.25, 0.3) is 10.0 Å². The highest BCUT2D eigenvalue weighted by Gasteiger charge is 2.29. The fraction of sp³-hybridized carbons (Fsp3) is 0.345. The van der Waals surface area contributed by atoms with Crippen molar-refractivity contribution in [2.24, 2.45) is 0 Å². The average Bonchev–Trinajstić information content (AvgIpc) is 2.92. The van der Waals surface area contributed by atoms with E-state index in [0.717, 1.165) is 35.1 Å². The molecule has 0 bridgehead atoms. The average molecular weight is 522 g/mol. The second kappa shape index (κ2) is 12.3.